The number of hydrogen-bond donors (Lipinski definition) is 0. The Balaban J connectivity index is 1.78. The molecule has 0 aliphatic heterocycles. The number of carbonyl (C=O) groups is 1. The number of aromatic nitrogens is 2. The molecule has 0 spiro atoms. The summed E-state index contributed by atoms with van der Waals surface area (Å²) in [6.45, 7) is 0.139. The number of fused-ring (bicyclic) bond motifs is 1. The van der Waals surface area contributed by atoms with Gasteiger partial charge in [0.05, 0.1) is 29.4 Å². The molecule has 4 aromatic rings. The van der Waals surface area contributed by atoms with Crippen LogP contribution in [0.1, 0.15) is 15.9 Å². The van der Waals surface area contributed by atoms with Crippen LogP contribution in [0.15, 0.2) is 60.9 Å². The molecule has 0 aliphatic carbocycles. The van der Waals surface area contributed by atoms with Crippen molar-refractivity contribution in [1.29, 1.82) is 0 Å². The van der Waals surface area contributed by atoms with Gasteiger partial charge in [0, 0.05) is 18.5 Å². The van der Waals surface area contributed by atoms with Crippen LogP contribution in [0.25, 0.3) is 10.2 Å². The number of pyridine rings is 1. The van der Waals surface area contributed by atoms with Crippen molar-refractivity contribution in [3.8, 4) is 5.75 Å². The molecule has 146 valence electrons. The van der Waals surface area contributed by atoms with Crippen LogP contribution in [-0.2, 0) is 6.54 Å². The molecular formula is C21H15F2N3O2S. The summed E-state index contributed by atoms with van der Waals surface area (Å²) in [6, 6.07) is 11.8. The van der Waals surface area contributed by atoms with Gasteiger partial charge in [-0.15, -0.1) is 0 Å². The number of ether oxygens (including phenoxy) is 1. The van der Waals surface area contributed by atoms with Crippen molar-refractivity contribution < 1.29 is 18.3 Å². The van der Waals surface area contributed by atoms with E-state index >= 15 is 0 Å². The zero-order valence-electron chi connectivity index (χ0n) is 15.3. The molecule has 5 nitrogen and oxygen atoms in total. The molecule has 8 heteroatoms. The van der Waals surface area contributed by atoms with Crippen LogP contribution in [0.3, 0.4) is 0 Å². The maximum absolute atomic E-state index is 14.3. The number of benzene rings is 2. The fourth-order valence-corrected chi connectivity index (χ4v) is 3.84. The highest BCUT2D eigenvalue weighted by Crippen LogP contribution is 2.33. The Hall–Kier alpha value is -3.39. The SMILES string of the molecule is COc1ccc2nc(N(Cc3cccnc3)C(=O)c3ccc(F)cc3F)sc2c1. The van der Waals surface area contributed by atoms with Crippen molar-refractivity contribution in [3.63, 3.8) is 0 Å². The average molecular weight is 411 g/mol. The topological polar surface area (TPSA) is 55.3 Å². The Morgan fingerprint density at radius 1 is 1.17 bits per heavy atom. The lowest BCUT2D eigenvalue weighted by atomic mass is 10.1. The maximum atomic E-state index is 14.3. The van der Waals surface area contributed by atoms with E-state index in [0.29, 0.717) is 22.5 Å². The van der Waals surface area contributed by atoms with Crippen LogP contribution in [0.4, 0.5) is 13.9 Å². The molecule has 1 amide bonds. The summed E-state index contributed by atoms with van der Waals surface area (Å²) in [6.07, 6.45) is 3.25. The van der Waals surface area contributed by atoms with Crippen molar-refractivity contribution in [2.75, 3.05) is 12.0 Å². The highest BCUT2D eigenvalue weighted by molar-refractivity contribution is 7.22. The number of carbonyl (C=O) groups excluding carboxylic acids is 1. The monoisotopic (exact) mass is 411 g/mol. The van der Waals surface area contributed by atoms with Gasteiger partial charge in [0.25, 0.3) is 5.91 Å². The van der Waals surface area contributed by atoms with E-state index in [9.17, 15) is 13.6 Å². The van der Waals surface area contributed by atoms with E-state index in [1.165, 1.54) is 16.2 Å². The fraction of sp³-hybridized carbons (Fsp3) is 0.0952. The molecular weight excluding hydrogens is 396 g/mol. The van der Waals surface area contributed by atoms with E-state index < -0.39 is 17.5 Å². The molecule has 2 aromatic heterocycles. The predicted molar refractivity (Wildman–Crippen MR) is 107 cm³/mol. The van der Waals surface area contributed by atoms with Crippen molar-refractivity contribution >= 4 is 32.6 Å². The normalized spacial score (nSPS) is 10.9. The minimum atomic E-state index is -0.922. The third-order valence-corrected chi connectivity index (χ3v) is 5.33. The average Bonchev–Trinajstić information content (AvgIpc) is 3.15. The summed E-state index contributed by atoms with van der Waals surface area (Å²) in [5.41, 5.74) is 1.21. The van der Waals surface area contributed by atoms with Crippen molar-refractivity contribution in [3.05, 3.63) is 83.7 Å². The molecule has 2 aromatic carbocycles. The predicted octanol–water partition coefficient (Wildman–Crippen LogP) is 4.83. The summed E-state index contributed by atoms with van der Waals surface area (Å²) in [7, 11) is 1.57. The molecule has 0 fully saturated rings. The molecule has 0 aliphatic rings. The van der Waals surface area contributed by atoms with Crippen LogP contribution in [0.5, 0.6) is 5.75 Å². The van der Waals surface area contributed by atoms with E-state index in [0.717, 1.165) is 22.4 Å². The van der Waals surface area contributed by atoms with Gasteiger partial charge in [-0.1, -0.05) is 17.4 Å². The number of hydrogen-bond acceptors (Lipinski definition) is 5. The first-order valence-electron chi connectivity index (χ1n) is 8.65. The Morgan fingerprint density at radius 3 is 2.76 bits per heavy atom. The van der Waals surface area contributed by atoms with Gasteiger partial charge in [0.1, 0.15) is 17.4 Å². The van der Waals surface area contributed by atoms with Crippen LogP contribution in [-0.4, -0.2) is 23.0 Å². The summed E-state index contributed by atoms with van der Waals surface area (Å²) in [5, 5.41) is 0.394. The van der Waals surface area contributed by atoms with Crippen molar-refractivity contribution in [2.45, 2.75) is 6.54 Å². The van der Waals surface area contributed by atoms with Crippen molar-refractivity contribution in [1.82, 2.24) is 9.97 Å². The standard InChI is InChI=1S/C21H15F2N3O2S/c1-28-15-5-7-18-19(10-15)29-21(25-18)26(12-13-3-2-8-24-11-13)20(27)16-6-4-14(22)9-17(16)23/h2-11H,12H2,1H3. The van der Waals surface area contributed by atoms with E-state index in [2.05, 4.69) is 9.97 Å². The molecule has 0 saturated heterocycles. The van der Waals surface area contributed by atoms with Crippen molar-refractivity contribution in [2.24, 2.45) is 0 Å². The number of halogens is 2. The van der Waals surface area contributed by atoms with Crippen LogP contribution >= 0.6 is 11.3 Å². The highest BCUT2D eigenvalue weighted by atomic mass is 32.1. The summed E-state index contributed by atoms with van der Waals surface area (Å²) in [4.78, 5) is 23.1. The number of thiazole rings is 1. The van der Waals surface area contributed by atoms with E-state index in [1.807, 2.05) is 12.1 Å². The Kier molecular flexibility index (Phi) is 5.18. The second kappa shape index (κ2) is 7.92. The first-order valence-corrected chi connectivity index (χ1v) is 9.47. The van der Waals surface area contributed by atoms with Gasteiger partial charge in [-0.3, -0.25) is 14.7 Å². The number of rotatable bonds is 5. The lowest BCUT2D eigenvalue weighted by molar-refractivity contribution is 0.0981. The molecule has 2 heterocycles. The number of methoxy groups -OCH3 is 1. The van der Waals surface area contributed by atoms with E-state index in [-0.39, 0.29) is 12.1 Å². The lowest BCUT2D eigenvalue weighted by Crippen LogP contribution is -2.31. The van der Waals surface area contributed by atoms with Gasteiger partial charge in [0.15, 0.2) is 5.13 Å². The van der Waals surface area contributed by atoms with Crippen LogP contribution < -0.4 is 9.64 Å². The lowest BCUT2D eigenvalue weighted by Gasteiger charge is -2.20. The zero-order valence-corrected chi connectivity index (χ0v) is 16.1. The number of anilines is 1. The molecule has 0 atom stereocenters. The van der Waals surface area contributed by atoms with E-state index in [1.54, 1.807) is 37.7 Å². The van der Waals surface area contributed by atoms with E-state index in [4.69, 9.17) is 4.74 Å². The van der Waals surface area contributed by atoms with Gasteiger partial charge in [-0.2, -0.15) is 0 Å². The zero-order chi connectivity index (χ0) is 20.4. The first-order chi connectivity index (χ1) is 14.0. The van der Waals surface area contributed by atoms with Gasteiger partial charge >= 0.3 is 0 Å². The maximum Gasteiger partial charge on any atom is 0.263 e. The first kappa shape index (κ1) is 18.9. The third kappa shape index (κ3) is 3.93. The quantitative estimate of drug-likeness (QED) is 0.472. The molecule has 0 saturated carbocycles. The summed E-state index contributed by atoms with van der Waals surface area (Å²) in [5.74, 6) is -1.61. The molecule has 0 radical (unpaired) electrons. The minimum Gasteiger partial charge on any atom is -0.497 e. The molecule has 4 rings (SSSR count). The molecule has 0 unspecified atom stereocenters. The second-order valence-corrected chi connectivity index (χ2v) is 7.22. The minimum absolute atomic E-state index is 0.139. The number of nitrogens with zero attached hydrogens (tertiary/aromatic N) is 3. The molecule has 29 heavy (non-hydrogen) atoms. The van der Waals surface area contributed by atoms with Gasteiger partial charge in [-0.05, 0) is 42.0 Å². The largest absolute Gasteiger partial charge is 0.497 e. The highest BCUT2D eigenvalue weighted by Gasteiger charge is 2.24. The Bertz CT molecular complexity index is 1180. The summed E-state index contributed by atoms with van der Waals surface area (Å²) >= 11 is 1.28. The fourth-order valence-electron chi connectivity index (χ4n) is 2.84. The summed E-state index contributed by atoms with van der Waals surface area (Å²) < 4.78 is 33.6. The Morgan fingerprint density at radius 2 is 2.03 bits per heavy atom. The smallest absolute Gasteiger partial charge is 0.263 e. The van der Waals surface area contributed by atoms with Crippen LogP contribution in [0.2, 0.25) is 0 Å². The van der Waals surface area contributed by atoms with Gasteiger partial charge in [-0.25, -0.2) is 13.8 Å². The Labute approximate surface area is 169 Å². The van der Waals surface area contributed by atoms with Crippen LogP contribution in [0, 0.1) is 11.6 Å². The van der Waals surface area contributed by atoms with Gasteiger partial charge < -0.3 is 4.74 Å². The third-order valence-electron chi connectivity index (χ3n) is 4.29. The number of amides is 1. The van der Waals surface area contributed by atoms with Gasteiger partial charge in [0.2, 0.25) is 0 Å². The second-order valence-electron chi connectivity index (χ2n) is 6.21. The molecule has 0 N–H and O–H groups in total. The molecule has 0 bridgehead atoms.